The Morgan fingerprint density at radius 3 is 2.47 bits per heavy atom. The molecule has 0 bridgehead atoms. The Morgan fingerprint density at radius 2 is 1.93 bits per heavy atom. The molecule has 0 unspecified atom stereocenters. The van der Waals surface area contributed by atoms with Gasteiger partial charge in [-0.3, -0.25) is 0 Å². The highest BCUT2D eigenvalue weighted by atomic mass is 79.9. The Labute approximate surface area is 100 Å². The largest absolute Gasteiger partial charge is 0.310 e. The summed E-state index contributed by atoms with van der Waals surface area (Å²) in [6.45, 7) is 2.16. The van der Waals surface area contributed by atoms with Crippen molar-refractivity contribution < 1.29 is 0 Å². The van der Waals surface area contributed by atoms with Crippen molar-refractivity contribution in [2.24, 2.45) is 0 Å². The molecule has 0 saturated heterocycles. The van der Waals surface area contributed by atoms with Crippen molar-refractivity contribution in [3.63, 3.8) is 0 Å². The predicted octanol–water partition coefficient (Wildman–Crippen LogP) is 3.75. The number of rotatable bonds is 2. The predicted molar refractivity (Wildman–Crippen MR) is 68.1 cm³/mol. The van der Waals surface area contributed by atoms with Crippen LogP contribution in [0.5, 0.6) is 0 Å². The maximum Gasteiger partial charge on any atom is 0.0432 e. The maximum absolute atomic E-state index is 3.56. The van der Waals surface area contributed by atoms with Gasteiger partial charge in [-0.2, -0.15) is 0 Å². The lowest BCUT2D eigenvalue weighted by atomic mass is 9.87. The summed E-state index contributed by atoms with van der Waals surface area (Å²) in [5.41, 5.74) is 3.02. The molecule has 1 aliphatic carbocycles. The fourth-order valence-electron chi connectivity index (χ4n) is 2.60. The zero-order valence-corrected chi connectivity index (χ0v) is 11.0. The highest BCUT2D eigenvalue weighted by molar-refractivity contribution is 9.10. The van der Waals surface area contributed by atoms with Gasteiger partial charge < -0.3 is 5.32 Å². The van der Waals surface area contributed by atoms with Crippen molar-refractivity contribution in [3.8, 4) is 0 Å². The Hall–Kier alpha value is -0.340. The number of halogens is 1. The second-order valence-electron chi connectivity index (χ2n) is 4.50. The van der Waals surface area contributed by atoms with Crippen LogP contribution in [-0.4, -0.2) is 7.05 Å². The molecule has 0 aromatic heterocycles. The van der Waals surface area contributed by atoms with E-state index in [1.54, 1.807) is 0 Å². The molecule has 1 saturated carbocycles. The zero-order chi connectivity index (χ0) is 10.9. The van der Waals surface area contributed by atoms with Crippen LogP contribution in [0.3, 0.4) is 0 Å². The standard InChI is InChI=1S/C13H18BrN/c1-10-9-11(5-6-12(10)14)13(15-2)7-3-4-8-13/h5-6,9,15H,3-4,7-8H2,1-2H3. The first kappa shape index (κ1) is 11.2. The lowest BCUT2D eigenvalue weighted by molar-refractivity contribution is 0.372. The average molecular weight is 268 g/mol. The van der Waals surface area contributed by atoms with Gasteiger partial charge in [0.25, 0.3) is 0 Å². The maximum atomic E-state index is 3.56. The number of hydrogen-bond donors (Lipinski definition) is 1. The van der Waals surface area contributed by atoms with Gasteiger partial charge in [0.15, 0.2) is 0 Å². The van der Waals surface area contributed by atoms with E-state index < -0.39 is 0 Å². The Balaban J connectivity index is 2.38. The van der Waals surface area contributed by atoms with Crippen LogP contribution in [0.1, 0.15) is 36.8 Å². The molecule has 0 heterocycles. The molecule has 1 N–H and O–H groups in total. The molecule has 1 aliphatic rings. The summed E-state index contributed by atoms with van der Waals surface area (Å²) in [5.74, 6) is 0. The lowest BCUT2D eigenvalue weighted by Crippen LogP contribution is -2.36. The number of benzene rings is 1. The molecule has 1 aromatic carbocycles. The van der Waals surface area contributed by atoms with Crippen LogP contribution in [-0.2, 0) is 5.54 Å². The molecule has 0 spiro atoms. The van der Waals surface area contributed by atoms with E-state index >= 15 is 0 Å². The second-order valence-corrected chi connectivity index (χ2v) is 5.36. The van der Waals surface area contributed by atoms with Gasteiger partial charge in [0.05, 0.1) is 0 Å². The van der Waals surface area contributed by atoms with Crippen LogP contribution in [0.15, 0.2) is 22.7 Å². The van der Waals surface area contributed by atoms with Gasteiger partial charge in [0.1, 0.15) is 0 Å². The average Bonchev–Trinajstić information content (AvgIpc) is 2.72. The summed E-state index contributed by atoms with van der Waals surface area (Å²) >= 11 is 3.56. The number of hydrogen-bond acceptors (Lipinski definition) is 1. The molecular weight excluding hydrogens is 250 g/mol. The van der Waals surface area contributed by atoms with Crippen LogP contribution >= 0.6 is 15.9 Å². The quantitative estimate of drug-likeness (QED) is 0.861. The molecule has 1 fully saturated rings. The third kappa shape index (κ3) is 1.98. The molecule has 1 nitrogen and oxygen atoms in total. The van der Waals surface area contributed by atoms with E-state index in [0.717, 1.165) is 0 Å². The van der Waals surface area contributed by atoms with E-state index in [2.05, 4.69) is 53.4 Å². The topological polar surface area (TPSA) is 12.0 Å². The normalized spacial score (nSPS) is 19.4. The van der Waals surface area contributed by atoms with Crippen molar-refractivity contribution in [3.05, 3.63) is 33.8 Å². The van der Waals surface area contributed by atoms with Crippen molar-refractivity contribution in [1.29, 1.82) is 0 Å². The first-order chi connectivity index (χ1) is 7.18. The number of aryl methyl sites for hydroxylation is 1. The van der Waals surface area contributed by atoms with Crippen molar-refractivity contribution in [1.82, 2.24) is 5.32 Å². The molecule has 1 aromatic rings. The monoisotopic (exact) mass is 267 g/mol. The lowest BCUT2D eigenvalue weighted by Gasteiger charge is -2.29. The molecule has 15 heavy (non-hydrogen) atoms. The van der Waals surface area contributed by atoms with E-state index in [0.29, 0.717) is 0 Å². The third-order valence-electron chi connectivity index (χ3n) is 3.65. The number of nitrogens with one attached hydrogen (secondary N) is 1. The molecule has 0 radical (unpaired) electrons. The SMILES string of the molecule is CNC1(c2ccc(Br)c(C)c2)CCCC1. The summed E-state index contributed by atoms with van der Waals surface area (Å²) < 4.78 is 1.20. The minimum atomic E-state index is 0.242. The Bertz CT molecular complexity index is 354. The summed E-state index contributed by atoms with van der Waals surface area (Å²) in [6.07, 6.45) is 5.22. The van der Waals surface area contributed by atoms with Gasteiger partial charge in [0.2, 0.25) is 0 Å². The summed E-state index contributed by atoms with van der Waals surface area (Å²) in [5, 5.41) is 3.53. The Morgan fingerprint density at radius 1 is 1.27 bits per heavy atom. The summed E-state index contributed by atoms with van der Waals surface area (Å²) in [4.78, 5) is 0. The minimum Gasteiger partial charge on any atom is -0.310 e. The van der Waals surface area contributed by atoms with Crippen LogP contribution in [0, 0.1) is 6.92 Å². The van der Waals surface area contributed by atoms with E-state index in [1.807, 2.05) is 0 Å². The molecule has 82 valence electrons. The highest BCUT2D eigenvalue weighted by Gasteiger charge is 2.33. The fourth-order valence-corrected chi connectivity index (χ4v) is 2.85. The van der Waals surface area contributed by atoms with Gasteiger partial charge in [-0.05, 0) is 44.0 Å². The van der Waals surface area contributed by atoms with Gasteiger partial charge in [-0.1, -0.05) is 40.9 Å². The summed E-state index contributed by atoms with van der Waals surface area (Å²) in [7, 11) is 2.09. The molecule has 2 rings (SSSR count). The van der Waals surface area contributed by atoms with Gasteiger partial charge in [0, 0.05) is 10.0 Å². The third-order valence-corrected chi connectivity index (χ3v) is 4.54. The van der Waals surface area contributed by atoms with Gasteiger partial charge >= 0.3 is 0 Å². The molecule has 0 amide bonds. The minimum absolute atomic E-state index is 0.242. The van der Waals surface area contributed by atoms with E-state index in [9.17, 15) is 0 Å². The smallest absolute Gasteiger partial charge is 0.0432 e. The highest BCUT2D eigenvalue weighted by Crippen LogP contribution is 2.39. The second kappa shape index (κ2) is 4.26. The summed E-state index contributed by atoms with van der Waals surface area (Å²) in [6, 6.07) is 6.73. The first-order valence-electron chi connectivity index (χ1n) is 5.63. The Kier molecular flexibility index (Phi) is 3.17. The van der Waals surface area contributed by atoms with Crippen LogP contribution in [0.25, 0.3) is 0 Å². The van der Waals surface area contributed by atoms with Crippen LogP contribution < -0.4 is 5.32 Å². The fraction of sp³-hybridized carbons (Fsp3) is 0.538. The molecule has 2 heteroatoms. The van der Waals surface area contributed by atoms with Crippen molar-refractivity contribution >= 4 is 15.9 Å². The first-order valence-corrected chi connectivity index (χ1v) is 6.43. The zero-order valence-electron chi connectivity index (χ0n) is 9.44. The van der Waals surface area contributed by atoms with Crippen LogP contribution in [0.4, 0.5) is 0 Å². The van der Waals surface area contributed by atoms with Gasteiger partial charge in [-0.15, -0.1) is 0 Å². The van der Waals surface area contributed by atoms with E-state index in [-0.39, 0.29) is 5.54 Å². The molecule has 0 aliphatic heterocycles. The van der Waals surface area contributed by atoms with E-state index in [4.69, 9.17) is 0 Å². The van der Waals surface area contributed by atoms with Crippen molar-refractivity contribution in [2.75, 3.05) is 7.05 Å². The molecule has 0 atom stereocenters. The van der Waals surface area contributed by atoms with Gasteiger partial charge in [-0.25, -0.2) is 0 Å². The van der Waals surface area contributed by atoms with E-state index in [1.165, 1.54) is 41.3 Å². The van der Waals surface area contributed by atoms with Crippen molar-refractivity contribution in [2.45, 2.75) is 38.1 Å². The molecular formula is C13H18BrN. The van der Waals surface area contributed by atoms with Crippen LogP contribution in [0.2, 0.25) is 0 Å².